The highest BCUT2D eigenvalue weighted by Gasteiger charge is 2.64. The molecule has 0 bridgehead atoms. The monoisotopic (exact) mass is 374 g/mol. The number of methoxy groups -OCH3 is 1. The molecule has 0 saturated heterocycles. The molecule has 0 heterocycles. The Morgan fingerprint density at radius 3 is 2.27 bits per heavy atom. The fourth-order valence-corrected chi connectivity index (χ4v) is 2.36. The minimum atomic E-state index is -5.08. The van der Waals surface area contributed by atoms with Crippen molar-refractivity contribution in [3.8, 4) is 0 Å². The highest BCUT2D eigenvalue weighted by Crippen LogP contribution is 2.43. The van der Waals surface area contributed by atoms with Crippen molar-refractivity contribution in [2.75, 3.05) is 13.7 Å². The van der Waals surface area contributed by atoms with Crippen LogP contribution in [0.4, 0.5) is 13.2 Å². The fraction of sp³-hybridized carbons (Fsp3) is 0.444. The van der Waals surface area contributed by atoms with E-state index >= 15 is 0 Å². The van der Waals surface area contributed by atoms with Gasteiger partial charge in [-0.2, -0.15) is 13.2 Å². The van der Waals surface area contributed by atoms with Gasteiger partial charge in [-0.3, -0.25) is 4.79 Å². The number of carbonyl (C=O) groups excluding carboxylic acids is 2. The predicted molar refractivity (Wildman–Crippen MR) is 87.1 cm³/mol. The molecule has 5 nitrogen and oxygen atoms in total. The van der Waals surface area contributed by atoms with Crippen LogP contribution in [0.1, 0.15) is 25.8 Å². The molecule has 144 valence electrons. The van der Waals surface area contributed by atoms with Gasteiger partial charge in [0.2, 0.25) is 0 Å². The summed E-state index contributed by atoms with van der Waals surface area (Å²) in [5, 5.41) is 0. The molecule has 0 saturated carbocycles. The molecule has 2 atom stereocenters. The molecule has 8 heteroatoms. The van der Waals surface area contributed by atoms with E-state index in [1.165, 1.54) is 30.4 Å². The lowest BCUT2D eigenvalue weighted by molar-refractivity contribution is -0.277. The van der Waals surface area contributed by atoms with E-state index in [2.05, 4.69) is 4.74 Å². The van der Waals surface area contributed by atoms with Gasteiger partial charge in [-0.05, 0) is 19.9 Å². The van der Waals surface area contributed by atoms with E-state index in [0.717, 1.165) is 19.2 Å². The molecule has 0 aromatic heterocycles. The van der Waals surface area contributed by atoms with Crippen LogP contribution in [-0.4, -0.2) is 37.9 Å². The van der Waals surface area contributed by atoms with Gasteiger partial charge in [-0.25, -0.2) is 4.79 Å². The minimum Gasteiger partial charge on any atom is -0.466 e. The number of carbonyl (C=O) groups is 2. The Balaban J connectivity index is 3.21. The van der Waals surface area contributed by atoms with E-state index in [1.807, 2.05) is 0 Å². The van der Waals surface area contributed by atoms with Crippen molar-refractivity contribution in [1.29, 1.82) is 0 Å². The van der Waals surface area contributed by atoms with Crippen molar-refractivity contribution < 1.29 is 37.0 Å². The second kappa shape index (κ2) is 9.38. The van der Waals surface area contributed by atoms with Gasteiger partial charge in [0.15, 0.2) is 0 Å². The second-order valence-electron chi connectivity index (χ2n) is 5.23. The Labute approximate surface area is 149 Å². The lowest BCUT2D eigenvalue weighted by Gasteiger charge is -2.33. The number of benzene rings is 1. The Morgan fingerprint density at radius 2 is 1.81 bits per heavy atom. The van der Waals surface area contributed by atoms with Crippen molar-refractivity contribution >= 4 is 11.9 Å². The zero-order valence-corrected chi connectivity index (χ0v) is 14.7. The molecule has 0 aliphatic heterocycles. The quantitative estimate of drug-likeness (QED) is 0.515. The number of allylic oxidation sites excluding steroid dienone is 1. The largest absolute Gasteiger partial charge is 0.466 e. The first-order chi connectivity index (χ1) is 12.2. The number of esters is 2. The van der Waals surface area contributed by atoms with Gasteiger partial charge in [-0.1, -0.05) is 36.4 Å². The maximum absolute atomic E-state index is 13.8. The van der Waals surface area contributed by atoms with Crippen molar-refractivity contribution in [1.82, 2.24) is 0 Å². The van der Waals surface area contributed by atoms with Gasteiger partial charge < -0.3 is 14.2 Å². The molecule has 0 spiro atoms. The van der Waals surface area contributed by atoms with Crippen LogP contribution in [0.3, 0.4) is 0 Å². The summed E-state index contributed by atoms with van der Waals surface area (Å²) < 4.78 is 55.7. The molecule has 26 heavy (non-hydrogen) atoms. The second-order valence-corrected chi connectivity index (χ2v) is 5.23. The number of halogens is 3. The molecule has 1 aromatic carbocycles. The molecule has 0 aliphatic rings. The summed E-state index contributed by atoms with van der Waals surface area (Å²) in [6, 6.07) is 6.45. The zero-order valence-electron chi connectivity index (χ0n) is 14.7. The summed E-state index contributed by atoms with van der Waals surface area (Å²) >= 11 is 0. The third-order valence-electron chi connectivity index (χ3n) is 3.51. The fourth-order valence-electron chi connectivity index (χ4n) is 2.36. The van der Waals surface area contributed by atoms with Crippen molar-refractivity contribution in [2.24, 2.45) is 0 Å². The minimum absolute atomic E-state index is 0.101. The lowest BCUT2D eigenvalue weighted by Crippen LogP contribution is -2.52. The highest BCUT2D eigenvalue weighted by molar-refractivity contribution is 5.83. The molecular formula is C18H21F3O5. The van der Waals surface area contributed by atoms with Crippen molar-refractivity contribution in [3.05, 3.63) is 48.0 Å². The molecule has 0 aliphatic carbocycles. The Hall–Kier alpha value is -2.35. The molecule has 1 aromatic rings. The van der Waals surface area contributed by atoms with Crippen molar-refractivity contribution in [3.63, 3.8) is 0 Å². The van der Waals surface area contributed by atoms with E-state index in [4.69, 9.17) is 9.47 Å². The van der Waals surface area contributed by atoms with Crippen LogP contribution in [0, 0.1) is 0 Å². The SMILES string of the molecule is C/C=C/C(CC(=O)OCC)OC(=O)[C@](OC)(c1ccccc1)C(F)(F)F. The van der Waals surface area contributed by atoms with Gasteiger partial charge in [0.05, 0.1) is 13.0 Å². The van der Waals surface area contributed by atoms with Crippen LogP contribution in [-0.2, 0) is 29.4 Å². The molecule has 0 fully saturated rings. The van der Waals surface area contributed by atoms with Crippen molar-refractivity contribution in [2.45, 2.75) is 38.1 Å². The molecule has 0 amide bonds. The summed E-state index contributed by atoms with van der Waals surface area (Å²) in [7, 11) is 0.776. The van der Waals surface area contributed by atoms with Gasteiger partial charge in [-0.15, -0.1) is 0 Å². The van der Waals surface area contributed by atoms with Gasteiger partial charge in [0.25, 0.3) is 5.60 Å². The molecular weight excluding hydrogens is 353 g/mol. The standard InChI is InChI=1S/C18H21F3O5/c1-4-9-14(12-15(22)25-5-2)26-16(23)17(24-3,18(19,20)21)13-10-7-6-8-11-13/h4,6-11,14H,5,12H2,1-3H3/b9-4+/t14?,17-/m1/s1. The summed E-state index contributed by atoms with van der Waals surface area (Å²) in [4.78, 5) is 24.1. The number of rotatable bonds is 8. The highest BCUT2D eigenvalue weighted by atomic mass is 19.4. The maximum atomic E-state index is 13.8. The number of hydrogen-bond donors (Lipinski definition) is 0. The van der Waals surface area contributed by atoms with E-state index in [-0.39, 0.29) is 6.61 Å². The van der Waals surface area contributed by atoms with Gasteiger partial charge in [0.1, 0.15) is 6.10 Å². The van der Waals surface area contributed by atoms with E-state index in [1.54, 1.807) is 13.8 Å². The number of alkyl halides is 3. The Morgan fingerprint density at radius 1 is 1.19 bits per heavy atom. The molecule has 0 N–H and O–H groups in total. The smallest absolute Gasteiger partial charge is 0.432 e. The maximum Gasteiger partial charge on any atom is 0.432 e. The summed E-state index contributed by atoms with van der Waals surface area (Å²) in [6.07, 6.45) is -3.94. The Kier molecular flexibility index (Phi) is 7.82. The van der Waals surface area contributed by atoms with Crippen LogP contribution in [0.15, 0.2) is 42.5 Å². The average Bonchev–Trinajstić information content (AvgIpc) is 2.56. The molecule has 0 radical (unpaired) electrons. The third-order valence-corrected chi connectivity index (χ3v) is 3.51. The topological polar surface area (TPSA) is 61.8 Å². The summed E-state index contributed by atoms with van der Waals surface area (Å²) in [5.74, 6) is -2.36. The average molecular weight is 374 g/mol. The van der Waals surface area contributed by atoms with Crippen LogP contribution in [0.5, 0.6) is 0 Å². The predicted octanol–water partition coefficient (Wildman–Crippen LogP) is 3.53. The lowest BCUT2D eigenvalue weighted by atomic mass is 9.92. The van der Waals surface area contributed by atoms with E-state index in [9.17, 15) is 22.8 Å². The van der Waals surface area contributed by atoms with Gasteiger partial charge in [0, 0.05) is 12.7 Å². The summed E-state index contributed by atoms with van der Waals surface area (Å²) in [6.45, 7) is 3.27. The Bertz CT molecular complexity index is 627. The van der Waals surface area contributed by atoms with E-state index < -0.39 is 41.8 Å². The number of ether oxygens (including phenoxy) is 3. The summed E-state index contributed by atoms with van der Waals surface area (Å²) in [5.41, 5.74) is -3.72. The first-order valence-corrected chi connectivity index (χ1v) is 7.89. The first kappa shape index (κ1) is 21.7. The molecule has 1 rings (SSSR count). The van der Waals surface area contributed by atoms with Crippen LogP contribution in [0.2, 0.25) is 0 Å². The normalized spacial score (nSPS) is 15.3. The van der Waals surface area contributed by atoms with E-state index in [0.29, 0.717) is 0 Å². The third kappa shape index (κ3) is 4.85. The zero-order chi connectivity index (χ0) is 19.8. The molecule has 1 unspecified atom stereocenters. The number of hydrogen-bond acceptors (Lipinski definition) is 5. The van der Waals surface area contributed by atoms with Crippen LogP contribution in [0.25, 0.3) is 0 Å². The van der Waals surface area contributed by atoms with Crippen LogP contribution >= 0.6 is 0 Å². The first-order valence-electron chi connectivity index (χ1n) is 7.89. The van der Waals surface area contributed by atoms with Gasteiger partial charge >= 0.3 is 18.1 Å². The van der Waals surface area contributed by atoms with Crippen LogP contribution < -0.4 is 0 Å².